The highest BCUT2D eigenvalue weighted by Crippen LogP contribution is 2.47. The second-order valence-electron chi connectivity index (χ2n) is 3.85. The lowest BCUT2D eigenvalue weighted by Crippen LogP contribution is -2.06. The standard InChI is InChI=1S/C8H12BrN3S/c1-8(2-3-8)4-5-10-7-12-11-6(9)13-7/h2-5H2,1H3,(H,10,12). The van der Waals surface area contributed by atoms with E-state index in [-0.39, 0.29) is 0 Å². The van der Waals surface area contributed by atoms with Crippen molar-refractivity contribution in [2.75, 3.05) is 11.9 Å². The maximum atomic E-state index is 3.97. The fourth-order valence-electron chi connectivity index (χ4n) is 1.21. The van der Waals surface area contributed by atoms with Crippen molar-refractivity contribution < 1.29 is 0 Å². The molecular weight excluding hydrogens is 250 g/mol. The highest BCUT2D eigenvalue weighted by Gasteiger charge is 2.36. The van der Waals surface area contributed by atoms with Crippen LogP contribution in [0.2, 0.25) is 0 Å². The zero-order chi connectivity index (χ0) is 9.31. The first-order valence-electron chi connectivity index (χ1n) is 4.41. The number of halogens is 1. The summed E-state index contributed by atoms with van der Waals surface area (Å²) in [4.78, 5) is 0. The van der Waals surface area contributed by atoms with Gasteiger partial charge in [-0.1, -0.05) is 18.3 Å². The summed E-state index contributed by atoms with van der Waals surface area (Å²) in [5.74, 6) is 0. The molecule has 0 atom stereocenters. The van der Waals surface area contributed by atoms with Crippen molar-refractivity contribution in [1.82, 2.24) is 10.2 Å². The third-order valence-electron chi connectivity index (χ3n) is 2.51. The summed E-state index contributed by atoms with van der Waals surface area (Å²) in [5, 5.41) is 12.0. The number of anilines is 1. The number of nitrogens with zero attached hydrogens (tertiary/aromatic N) is 2. The van der Waals surface area contributed by atoms with Crippen molar-refractivity contribution in [3.63, 3.8) is 0 Å². The third-order valence-corrected chi connectivity index (χ3v) is 3.82. The van der Waals surface area contributed by atoms with Crippen molar-refractivity contribution in [3.05, 3.63) is 3.92 Å². The van der Waals surface area contributed by atoms with E-state index in [0.717, 1.165) is 15.6 Å². The minimum atomic E-state index is 0.620. The van der Waals surface area contributed by atoms with E-state index in [1.807, 2.05) is 0 Å². The average Bonchev–Trinajstić information content (AvgIpc) is 2.65. The molecule has 0 radical (unpaired) electrons. The van der Waals surface area contributed by atoms with E-state index in [1.54, 1.807) is 11.3 Å². The van der Waals surface area contributed by atoms with Gasteiger partial charge < -0.3 is 5.32 Å². The third kappa shape index (κ3) is 2.64. The summed E-state index contributed by atoms with van der Waals surface area (Å²) in [7, 11) is 0. The van der Waals surface area contributed by atoms with Gasteiger partial charge in [-0.15, -0.1) is 10.2 Å². The second-order valence-corrected chi connectivity index (χ2v) is 6.10. The highest BCUT2D eigenvalue weighted by molar-refractivity contribution is 9.11. The number of aromatic nitrogens is 2. The molecule has 5 heteroatoms. The summed E-state index contributed by atoms with van der Waals surface area (Å²) < 4.78 is 0.840. The molecule has 2 rings (SSSR count). The van der Waals surface area contributed by atoms with Gasteiger partial charge in [-0.2, -0.15) is 0 Å². The summed E-state index contributed by atoms with van der Waals surface area (Å²) in [6.45, 7) is 3.35. The Morgan fingerprint density at radius 2 is 2.31 bits per heavy atom. The molecule has 13 heavy (non-hydrogen) atoms. The maximum Gasteiger partial charge on any atom is 0.206 e. The van der Waals surface area contributed by atoms with Gasteiger partial charge in [-0.25, -0.2) is 0 Å². The normalized spacial score (nSPS) is 18.6. The fourth-order valence-corrected chi connectivity index (χ4v) is 2.25. The predicted molar refractivity (Wildman–Crippen MR) is 58.1 cm³/mol. The molecule has 0 amide bonds. The van der Waals surface area contributed by atoms with Crippen LogP contribution >= 0.6 is 27.3 Å². The van der Waals surface area contributed by atoms with Gasteiger partial charge in [-0.3, -0.25) is 0 Å². The molecular formula is C8H12BrN3S. The van der Waals surface area contributed by atoms with Crippen LogP contribution in [-0.2, 0) is 0 Å². The Morgan fingerprint density at radius 1 is 1.54 bits per heavy atom. The van der Waals surface area contributed by atoms with E-state index in [9.17, 15) is 0 Å². The summed E-state index contributed by atoms with van der Waals surface area (Å²) in [5.41, 5.74) is 0.620. The second kappa shape index (κ2) is 3.53. The molecule has 1 heterocycles. The minimum absolute atomic E-state index is 0.620. The first-order valence-corrected chi connectivity index (χ1v) is 6.02. The topological polar surface area (TPSA) is 37.8 Å². The van der Waals surface area contributed by atoms with Gasteiger partial charge in [0, 0.05) is 6.54 Å². The van der Waals surface area contributed by atoms with E-state index < -0.39 is 0 Å². The van der Waals surface area contributed by atoms with Gasteiger partial charge in [0.05, 0.1) is 0 Å². The van der Waals surface area contributed by atoms with Crippen LogP contribution in [0.5, 0.6) is 0 Å². The van der Waals surface area contributed by atoms with Gasteiger partial charge in [0.25, 0.3) is 0 Å². The quantitative estimate of drug-likeness (QED) is 0.906. The van der Waals surface area contributed by atoms with Crippen molar-refractivity contribution in [2.24, 2.45) is 5.41 Å². The zero-order valence-electron chi connectivity index (χ0n) is 7.51. The van der Waals surface area contributed by atoms with Crippen LogP contribution in [0.25, 0.3) is 0 Å². The van der Waals surface area contributed by atoms with E-state index in [1.165, 1.54) is 19.3 Å². The Labute approximate surface area is 90.1 Å². The largest absolute Gasteiger partial charge is 0.360 e. The lowest BCUT2D eigenvalue weighted by molar-refractivity contribution is 0.536. The molecule has 1 fully saturated rings. The van der Waals surface area contributed by atoms with E-state index in [0.29, 0.717) is 5.41 Å². The zero-order valence-corrected chi connectivity index (χ0v) is 9.91. The smallest absolute Gasteiger partial charge is 0.206 e. The summed E-state index contributed by atoms with van der Waals surface area (Å²) >= 11 is 4.82. The highest BCUT2D eigenvalue weighted by atomic mass is 79.9. The first kappa shape index (κ1) is 9.40. The molecule has 3 nitrogen and oxygen atoms in total. The Kier molecular flexibility index (Phi) is 2.55. The monoisotopic (exact) mass is 261 g/mol. The van der Waals surface area contributed by atoms with Crippen LogP contribution in [0.4, 0.5) is 5.13 Å². The van der Waals surface area contributed by atoms with E-state index >= 15 is 0 Å². The fraction of sp³-hybridized carbons (Fsp3) is 0.750. The molecule has 1 aliphatic carbocycles. The maximum absolute atomic E-state index is 3.97. The molecule has 1 aromatic heterocycles. The average molecular weight is 262 g/mol. The predicted octanol–water partition coefficient (Wildman–Crippen LogP) is 2.90. The lowest BCUT2D eigenvalue weighted by Gasteiger charge is -2.06. The van der Waals surface area contributed by atoms with E-state index in [4.69, 9.17) is 0 Å². The molecule has 0 spiro atoms. The Hall–Kier alpha value is -0.160. The van der Waals surface area contributed by atoms with Crippen LogP contribution in [0.15, 0.2) is 3.92 Å². The minimum Gasteiger partial charge on any atom is -0.360 e. The molecule has 0 unspecified atom stereocenters. The van der Waals surface area contributed by atoms with Gasteiger partial charge in [0.2, 0.25) is 5.13 Å². The van der Waals surface area contributed by atoms with Crippen LogP contribution in [0, 0.1) is 5.41 Å². The summed E-state index contributed by atoms with van der Waals surface area (Å²) in [6.07, 6.45) is 4.01. The molecule has 1 saturated carbocycles. The van der Waals surface area contributed by atoms with Crippen LogP contribution < -0.4 is 5.32 Å². The molecule has 0 aliphatic heterocycles. The van der Waals surface area contributed by atoms with Gasteiger partial charge in [0.1, 0.15) is 0 Å². The van der Waals surface area contributed by atoms with Gasteiger partial charge in [0.15, 0.2) is 3.92 Å². The van der Waals surface area contributed by atoms with Crippen molar-refractivity contribution in [3.8, 4) is 0 Å². The number of nitrogens with one attached hydrogen (secondary N) is 1. The first-order chi connectivity index (χ1) is 6.18. The Morgan fingerprint density at radius 3 is 2.85 bits per heavy atom. The molecule has 1 aromatic rings. The van der Waals surface area contributed by atoms with Crippen molar-refractivity contribution in [2.45, 2.75) is 26.2 Å². The number of hydrogen-bond acceptors (Lipinski definition) is 4. The molecule has 1 N–H and O–H groups in total. The molecule has 72 valence electrons. The van der Waals surface area contributed by atoms with Crippen LogP contribution in [-0.4, -0.2) is 16.7 Å². The van der Waals surface area contributed by atoms with Crippen molar-refractivity contribution >= 4 is 32.4 Å². The lowest BCUT2D eigenvalue weighted by atomic mass is 10.1. The molecule has 0 aromatic carbocycles. The summed E-state index contributed by atoms with van der Waals surface area (Å²) in [6, 6.07) is 0. The molecule has 1 aliphatic rings. The van der Waals surface area contributed by atoms with Crippen LogP contribution in [0.3, 0.4) is 0 Å². The SMILES string of the molecule is CC1(CCNc2nnc(Br)s2)CC1. The van der Waals surface area contributed by atoms with E-state index in [2.05, 4.69) is 38.4 Å². The van der Waals surface area contributed by atoms with Gasteiger partial charge in [-0.05, 0) is 40.6 Å². The molecule has 0 saturated heterocycles. The van der Waals surface area contributed by atoms with Crippen LogP contribution in [0.1, 0.15) is 26.2 Å². The number of hydrogen-bond donors (Lipinski definition) is 1. The number of rotatable bonds is 4. The molecule has 0 bridgehead atoms. The van der Waals surface area contributed by atoms with Crippen molar-refractivity contribution in [1.29, 1.82) is 0 Å². The van der Waals surface area contributed by atoms with Gasteiger partial charge >= 0.3 is 0 Å². The Bertz CT molecular complexity index is 295. The Balaban J connectivity index is 1.73.